The molecule has 0 bridgehead atoms. The van der Waals surface area contributed by atoms with E-state index in [1.54, 1.807) is 36.4 Å². The summed E-state index contributed by atoms with van der Waals surface area (Å²) in [6, 6.07) is 14.4. The average Bonchev–Trinajstić information content (AvgIpc) is 3.13. The van der Waals surface area contributed by atoms with Crippen LogP contribution in [0.15, 0.2) is 60.0 Å². The van der Waals surface area contributed by atoms with Gasteiger partial charge in [0.05, 0.1) is 10.6 Å². The number of hydrogen-bond acceptors (Lipinski definition) is 4. The highest BCUT2D eigenvalue weighted by atomic mass is 35.5. The highest BCUT2D eigenvalue weighted by molar-refractivity contribution is 7.12. The van der Waals surface area contributed by atoms with Crippen LogP contribution in [0.2, 0.25) is 5.02 Å². The zero-order valence-corrected chi connectivity index (χ0v) is 14.4. The second kappa shape index (κ2) is 7.38. The van der Waals surface area contributed by atoms with Gasteiger partial charge in [-0.3, -0.25) is 9.59 Å². The van der Waals surface area contributed by atoms with Gasteiger partial charge in [-0.1, -0.05) is 17.7 Å². The van der Waals surface area contributed by atoms with E-state index < -0.39 is 5.91 Å². The third kappa shape index (κ3) is 4.17. The number of nitrogens with one attached hydrogen (secondary N) is 2. The minimum atomic E-state index is -0.395. The van der Waals surface area contributed by atoms with Gasteiger partial charge in [-0.15, -0.1) is 11.3 Å². The Morgan fingerprint density at radius 3 is 2.40 bits per heavy atom. The number of rotatable bonds is 4. The number of hydrogen-bond donors (Lipinski definition) is 3. The molecule has 1 aromatic heterocycles. The smallest absolute Gasteiger partial charge is 0.265 e. The molecule has 1 heterocycles. The van der Waals surface area contributed by atoms with E-state index in [0.29, 0.717) is 21.2 Å². The monoisotopic (exact) mass is 372 g/mol. The molecule has 25 heavy (non-hydrogen) atoms. The van der Waals surface area contributed by atoms with E-state index in [0.717, 1.165) is 0 Å². The maximum atomic E-state index is 12.2. The Morgan fingerprint density at radius 1 is 0.960 bits per heavy atom. The Labute approximate surface area is 152 Å². The van der Waals surface area contributed by atoms with Crippen molar-refractivity contribution in [3.05, 3.63) is 75.4 Å². The first kappa shape index (κ1) is 17.0. The van der Waals surface area contributed by atoms with Crippen LogP contribution in [0.25, 0.3) is 0 Å². The number of halogens is 1. The predicted molar refractivity (Wildman–Crippen MR) is 99.8 cm³/mol. The molecule has 0 saturated carbocycles. The van der Waals surface area contributed by atoms with Gasteiger partial charge < -0.3 is 15.7 Å². The number of thiophene rings is 1. The summed E-state index contributed by atoms with van der Waals surface area (Å²) in [5.41, 5.74) is 1.20. The van der Waals surface area contributed by atoms with Crippen LogP contribution >= 0.6 is 22.9 Å². The number of benzene rings is 2. The summed E-state index contributed by atoms with van der Waals surface area (Å²) in [5, 5.41) is 17.3. The summed E-state index contributed by atoms with van der Waals surface area (Å²) >= 11 is 7.21. The van der Waals surface area contributed by atoms with E-state index in [9.17, 15) is 14.7 Å². The summed E-state index contributed by atoms with van der Waals surface area (Å²) in [7, 11) is 0. The van der Waals surface area contributed by atoms with Gasteiger partial charge >= 0.3 is 0 Å². The van der Waals surface area contributed by atoms with Crippen molar-refractivity contribution in [3.63, 3.8) is 0 Å². The molecule has 0 fully saturated rings. The highest BCUT2D eigenvalue weighted by Gasteiger charge is 2.11. The quantitative estimate of drug-likeness (QED) is 0.585. The first-order valence-corrected chi connectivity index (χ1v) is 8.53. The lowest BCUT2D eigenvalue weighted by molar-refractivity contribution is 0.102. The molecule has 0 unspecified atom stereocenters. The Balaban J connectivity index is 1.68. The van der Waals surface area contributed by atoms with Crippen molar-refractivity contribution in [2.75, 3.05) is 10.6 Å². The van der Waals surface area contributed by atoms with Crippen LogP contribution in [-0.4, -0.2) is 16.9 Å². The zero-order chi connectivity index (χ0) is 17.8. The van der Waals surface area contributed by atoms with E-state index in [-0.39, 0.29) is 17.3 Å². The van der Waals surface area contributed by atoms with Gasteiger partial charge in [0.1, 0.15) is 5.75 Å². The third-order valence-corrected chi connectivity index (χ3v) is 4.46. The lowest BCUT2D eigenvalue weighted by Gasteiger charge is -2.09. The van der Waals surface area contributed by atoms with Crippen LogP contribution in [0.5, 0.6) is 5.75 Å². The van der Waals surface area contributed by atoms with Crippen molar-refractivity contribution < 1.29 is 14.7 Å². The molecule has 3 aromatic rings. The molecule has 0 saturated heterocycles. The molecular weight excluding hydrogens is 360 g/mol. The van der Waals surface area contributed by atoms with Crippen LogP contribution in [0.4, 0.5) is 11.4 Å². The Morgan fingerprint density at radius 2 is 1.72 bits per heavy atom. The highest BCUT2D eigenvalue weighted by Crippen LogP contribution is 2.27. The fraction of sp³-hybridized carbons (Fsp3) is 0. The first-order valence-electron chi connectivity index (χ1n) is 7.28. The van der Waals surface area contributed by atoms with Gasteiger partial charge in [-0.2, -0.15) is 0 Å². The van der Waals surface area contributed by atoms with Crippen LogP contribution in [-0.2, 0) is 0 Å². The topological polar surface area (TPSA) is 78.4 Å². The second-order valence-corrected chi connectivity index (χ2v) is 6.51. The molecule has 0 radical (unpaired) electrons. The Kier molecular flexibility index (Phi) is 5.02. The number of carbonyl (C=O) groups excluding carboxylic acids is 2. The van der Waals surface area contributed by atoms with Crippen molar-refractivity contribution in [2.45, 2.75) is 0 Å². The van der Waals surface area contributed by atoms with Crippen molar-refractivity contribution in [1.29, 1.82) is 0 Å². The lowest BCUT2D eigenvalue weighted by Crippen LogP contribution is -2.13. The van der Waals surface area contributed by atoms with Crippen LogP contribution in [0, 0.1) is 0 Å². The minimum Gasteiger partial charge on any atom is -0.506 e. The van der Waals surface area contributed by atoms with Crippen LogP contribution in [0.1, 0.15) is 20.0 Å². The summed E-state index contributed by atoms with van der Waals surface area (Å²) in [6.07, 6.45) is 0. The van der Waals surface area contributed by atoms with E-state index >= 15 is 0 Å². The van der Waals surface area contributed by atoms with Gasteiger partial charge in [0.2, 0.25) is 0 Å². The largest absolute Gasteiger partial charge is 0.506 e. The Bertz CT molecular complexity index is 909. The lowest BCUT2D eigenvalue weighted by atomic mass is 10.2. The van der Waals surface area contributed by atoms with E-state index in [1.807, 2.05) is 5.38 Å². The summed E-state index contributed by atoms with van der Waals surface area (Å²) in [5.74, 6) is -0.665. The molecule has 5 nitrogen and oxygen atoms in total. The third-order valence-electron chi connectivity index (χ3n) is 3.36. The van der Waals surface area contributed by atoms with Gasteiger partial charge in [0.15, 0.2) is 0 Å². The fourth-order valence-corrected chi connectivity index (χ4v) is 2.90. The van der Waals surface area contributed by atoms with Crippen LogP contribution < -0.4 is 10.6 Å². The number of phenols is 1. The minimum absolute atomic E-state index is 0.0717. The molecule has 0 aliphatic carbocycles. The molecule has 3 N–H and O–H groups in total. The fourth-order valence-electron chi connectivity index (χ4n) is 2.11. The number of phenolic OH excluding ortho intramolecular Hbond substituents is 1. The molecule has 3 rings (SSSR count). The summed E-state index contributed by atoms with van der Waals surface area (Å²) in [4.78, 5) is 24.8. The number of anilines is 2. The van der Waals surface area contributed by atoms with Gasteiger partial charge in [0, 0.05) is 16.3 Å². The maximum Gasteiger partial charge on any atom is 0.265 e. The molecule has 0 aliphatic heterocycles. The van der Waals surface area contributed by atoms with Crippen molar-refractivity contribution >= 4 is 46.1 Å². The number of amides is 2. The average molecular weight is 373 g/mol. The molecule has 126 valence electrons. The van der Waals surface area contributed by atoms with E-state index in [4.69, 9.17) is 11.6 Å². The standard InChI is InChI=1S/C18H13ClN2O3S/c19-12-5-8-15(22)14(10-12)21-17(23)11-3-6-13(7-4-11)20-18(24)16-2-1-9-25-16/h1-10,22H,(H,20,24)(H,21,23). The Hall–Kier alpha value is -2.83. The SMILES string of the molecule is O=C(Nc1cc(Cl)ccc1O)c1ccc(NC(=O)c2cccs2)cc1. The van der Waals surface area contributed by atoms with E-state index in [2.05, 4.69) is 10.6 Å². The van der Waals surface area contributed by atoms with Crippen LogP contribution in [0.3, 0.4) is 0 Å². The van der Waals surface area contributed by atoms with E-state index in [1.165, 1.54) is 29.5 Å². The molecule has 0 spiro atoms. The first-order chi connectivity index (χ1) is 12.0. The van der Waals surface area contributed by atoms with Gasteiger partial charge in [0.25, 0.3) is 11.8 Å². The van der Waals surface area contributed by atoms with Crippen molar-refractivity contribution in [2.24, 2.45) is 0 Å². The predicted octanol–water partition coefficient (Wildman–Crippen LogP) is 4.61. The molecule has 7 heteroatoms. The number of aromatic hydroxyl groups is 1. The normalized spacial score (nSPS) is 10.3. The molecular formula is C18H13ClN2O3S. The molecule has 2 amide bonds. The molecule has 2 aromatic carbocycles. The molecule has 0 aliphatic rings. The maximum absolute atomic E-state index is 12.2. The van der Waals surface area contributed by atoms with Gasteiger partial charge in [-0.05, 0) is 53.9 Å². The number of carbonyl (C=O) groups is 2. The van der Waals surface area contributed by atoms with Crippen molar-refractivity contribution in [3.8, 4) is 5.75 Å². The zero-order valence-electron chi connectivity index (χ0n) is 12.8. The summed E-state index contributed by atoms with van der Waals surface area (Å²) in [6.45, 7) is 0. The summed E-state index contributed by atoms with van der Waals surface area (Å²) < 4.78 is 0. The molecule has 0 atom stereocenters. The van der Waals surface area contributed by atoms with Crippen molar-refractivity contribution in [1.82, 2.24) is 0 Å². The van der Waals surface area contributed by atoms with Gasteiger partial charge in [-0.25, -0.2) is 0 Å². The second-order valence-electron chi connectivity index (χ2n) is 5.12.